The van der Waals surface area contributed by atoms with Crippen molar-refractivity contribution in [2.24, 2.45) is 11.3 Å². The zero-order valence-electron chi connectivity index (χ0n) is 14.2. The molecule has 4 nitrogen and oxygen atoms in total. The minimum absolute atomic E-state index is 0.280. The predicted molar refractivity (Wildman–Crippen MR) is 93.6 cm³/mol. The van der Waals surface area contributed by atoms with Gasteiger partial charge >= 0.3 is 0 Å². The molecule has 1 aromatic carbocycles. The molecular formula is C20H19F2N3O. The maximum absolute atomic E-state index is 13.8. The van der Waals surface area contributed by atoms with Crippen molar-refractivity contribution in [2.45, 2.75) is 13.0 Å². The van der Waals surface area contributed by atoms with Crippen molar-refractivity contribution in [2.75, 3.05) is 19.8 Å². The minimum atomic E-state index is -0.313. The Bertz CT molecular complexity index is 969. The van der Waals surface area contributed by atoms with Crippen LogP contribution in [0.1, 0.15) is 12.1 Å². The van der Waals surface area contributed by atoms with E-state index in [9.17, 15) is 8.78 Å². The second kappa shape index (κ2) is 5.86. The Morgan fingerprint density at radius 1 is 1.15 bits per heavy atom. The van der Waals surface area contributed by atoms with E-state index in [4.69, 9.17) is 4.74 Å². The van der Waals surface area contributed by atoms with Gasteiger partial charge in [-0.05, 0) is 48.7 Å². The van der Waals surface area contributed by atoms with E-state index in [1.54, 1.807) is 22.6 Å². The molecule has 3 heterocycles. The summed E-state index contributed by atoms with van der Waals surface area (Å²) < 4.78 is 34.4. The van der Waals surface area contributed by atoms with Gasteiger partial charge < -0.3 is 10.1 Å². The van der Waals surface area contributed by atoms with Gasteiger partial charge in [0.1, 0.15) is 17.3 Å². The predicted octanol–water partition coefficient (Wildman–Crippen LogP) is 3.41. The smallest absolute Gasteiger partial charge is 0.139 e. The molecule has 1 aliphatic heterocycles. The third kappa shape index (κ3) is 2.61. The van der Waals surface area contributed by atoms with Gasteiger partial charge in [0.2, 0.25) is 0 Å². The summed E-state index contributed by atoms with van der Waals surface area (Å²) in [5.74, 6) is 0.0707. The topological polar surface area (TPSA) is 38.6 Å². The van der Waals surface area contributed by atoms with E-state index >= 15 is 0 Å². The molecule has 3 aromatic rings. The second-order valence-electron chi connectivity index (χ2n) is 7.37. The number of ether oxygens (including phenoxy) is 1. The maximum atomic E-state index is 13.8. The Labute approximate surface area is 149 Å². The first kappa shape index (κ1) is 15.9. The molecule has 0 radical (unpaired) electrons. The first-order valence-electron chi connectivity index (χ1n) is 8.86. The fourth-order valence-corrected chi connectivity index (χ4v) is 4.02. The Morgan fingerprint density at radius 2 is 1.96 bits per heavy atom. The van der Waals surface area contributed by atoms with E-state index < -0.39 is 0 Å². The fraction of sp³-hybridized carbons (Fsp3) is 0.350. The first-order valence-corrected chi connectivity index (χ1v) is 8.86. The molecule has 1 saturated heterocycles. The highest BCUT2D eigenvalue weighted by atomic mass is 19.1. The lowest BCUT2D eigenvalue weighted by atomic mass is 10.1. The number of fused-ring (bicyclic) bond motifs is 2. The molecule has 1 saturated carbocycles. The quantitative estimate of drug-likeness (QED) is 0.762. The van der Waals surface area contributed by atoms with Crippen LogP contribution in [0.15, 0.2) is 42.6 Å². The lowest BCUT2D eigenvalue weighted by Crippen LogP contribution is -2.26. The van der Waals surface area contributed by atoms with Gasteiger partial charge in [0, 0.05) is 30.3 Å². The molecule has 2 aromatic heterocycles. The van der Waals surface area contributed by atoms with Crippen LogP contribution in [-0.4, -0.2) is 29.1 Å². The number of hydrogen-bond donors (Lipinski definition) is 1. The average molecular weight is 355 g/mol. The van der Waals surface area contributed by atoms with Gasteiger partial charge in [-0.25, -0.2) is 13.8 Å². The highest BCUT2D eigenvalue weighted by Crippen LogP contribution is 2.56. The zero-order valence-corrected chi connectivity index (χ0v) is 14.2. The number of aromatic nitrogens is 2. The number of imidazole rings is 1. The van der Waals surface area contributed by atoms with Crippen molar-refractivity contribution in [1.29, 1.82) is 0 Å². The third-order valence-corrected chi connectivity index (χ3v) is 5.64. The van der Waals surface area contributed by atoms with E-state index in [-0.39, 0.29) is 17.0 Å². The maximum Gasteiger partial charge on any atom is 0.139 e. The van der Waals surface area contributed by atoms with Gasteiger partial charge in [0.05, 0.1) is 24.6 Å². The summed E-state index contributed by atoms with van der Waals surface area (Å²) in [6, 6.07) is 9.31. The molecule has 5 rings (SSSR count). The van der Waals surface area contributed by atoms with Crippen molar-refractivity contribution in [1.82, 2.24) is 14.7 Å². The van der Waals surface area contributed by atoms with Crippen LogP contribution in [0.2, 0.25) is 0 Å². The fourth-order valence-electron chi connectivity index (χ4n) is 4.02. The monoisotopic (exact) mass is 355 g/mol. The highest BCUT2D eigenvalue weighted by Gasteiger charge is 2.57. The van der Waals surface area contributed by atoms with Crippen molar-refractivity contribution >= 4 is 5.65 Å². The lowest BCUT2D eigenvalue weighted by Gasteiger charge is -2.13. The summed E-state index contributed by atoms with van der Waals surface area (Å²) in [6.45, 7) is 3.12. The number of benzene rings is 1. The Hall–Kier alpha value is -2.31. The average Bonchev–Trinajstić information content (AvgIpc) is 2.99. The van der Waals surface area contributed by atoms with E-state index in [2.05, 4.69) is 10.3 Å². The number of nitrogens with one attached hydrogen (secondary N) is 1. The largest absolute Gasteiger partial charge is 0.380 e. The molecule has 26 heavy (non-hydrogen) atoms. The van der Waals surface area contributed by atoms with Crippen molar-refractivity contribution in [3.63, 3.8) is 0 Å². The van der Waals surface area contributed by atoms with Gasteiger partial charge in [-0.2, -0.15) is 0 Å². The van der Waals surface area contributed by atoms with Crippen molar-refractivity contribution < 1.29 is 13.5 Å². The number of rotatable bonds is 5. The molecule has 2 aliphatic rings. The Balaban J connectivity index is 1.47. The third-order valence-electron chi connectivity index (χ3n) is 5.64. The summed E-state index contributed by atoms with van der Waals surface area (Å²) in [5.41, 5.74) is 3.39. The zero-order chi connectivity index (χ0) is 17.7. The lowest BCUT2D eigenvalue weighted by molar-refractivity contribution is 0.146. The standard InChI is InChI=1S/C20H19F2N3O/c21-15-3-1-13(2-4-15)19-17(25-9-16(22)5-6-18(25)24-19)8-23-11-20-7-14(20)10-26-12-20/h1-6,9,14,23H,7-8,10-12H2/t14-,20-/m0/s1. The van der Waals surface area contributed by atoms with Crippen LogP contribution >= 0.6 is 0 Å². The van der Waals surface area contributed by atoms with E-state index in [1.807, 2.05) is 0 Å². The molecule has 0 amide bonds. The molecular weight excluding hydrogens is 336 g/mol. The van der Waals surface area contributed by atoms with Crippen LogP contribution in [0.4, 0.5) is 8.78 Å². The molecule has 0 bridgehead atoms. The van der Waals surface area contributed by atoms with Crippen LogP contribution in [-0.2, 0) is 11.3 Å². The van der Waals surface area contributed by atoms with E-state index in [0.29, 0.717) is 18.1 Å². The summed E-state index contributed by atoms with van der Waals surface area (Å²) in [5, 5.41) is 3.51. The number of nitrogens with zero attached hydrogens (tertiary/aromatic N) is 2. The van der Waals surface area contributed by atoms with Gasteiger partial charge in [-0.3, -0.25) is 4.40 Å². The molecule has 0 spiro atoms. The van der Waals surface area contributed by atoms with Crippen molar-refractivity contribution in [3.8, 4) is 11.3 Å². The van der Waals surface area contributed by atoms with Gasteiger partial charge in [0.15, 0.2) is 0 Å². The summed E-state index contributed by atoms with van der Waals surface area (Å²) in [6.07, 6.45) is 2.66. The molecule has 1 aliphatic carbocycles. The summed E-state index contributed by atoms with van der Waals surface area (Å²) in [4.78, 5) is 4.64. The van der Waals surface area contributed by atoms with Crippen molar-refractivity contribution in [3.05, 3.63) is 59.9 Å². The van der Waals surface area contributed by atoms with Gasteiger partial charge in [-0.1, -0.05) is 0 Å². The SMILES string of the molecule is Fc1ccc(-c2nc3ccc(F)cn3c2CNC[C@@]23COC[C@@H]2C3)cc1. The van der Waals surface area contributed by atoms with E-state index in [0.717, 1.165) is 36.7 Å². The summed E-state index contributed by atoms with van der Waals surface area (Å²) in [7, 11) is 0. The normalized spacial score (nSPS) is 24.2. The number of halogens is 2. The molecule has 2 atom stereocenters. The van der Waals surface area contributed by atoms with Crippen LogP contribution in [0.5, 0.6) is 0 Å². The van der Waals surface area contributed by atoms with E-state index in [1.165, 1.54) is 30.8 Å². The van der Waals surface area contributed by atoms with Crippen LogP contribution in [0, 0.1) is 23.0 Å². The highest BCUT2D eigenvalue weighted by molar-refractivity contribution is 5.66. The first-order chi connectivity index (χ1) is 12.6. The number of hydrogen-bond acceptors (Lipinski definition) is 3. The van der Waals surface area contributed by atoms with Crippen LogP contribution < -0.4 is 5.32 Å². The Morgan fingerprint density at radius 3 is 2.69 bits per heavy atom. The van der Waals surface area contributed by atoms with Gasteiger partial charge in [0.25, 0.3) is 0 Å². The minimum Gasteiger partial charge on any atom is -0.380 e. The molecule has 1 N–H and O–H groups in total. The Kier molecular flexibility index (Phi) is 3.58. The molecule has 6 heteroatoms. The molecule has 2 fully saturated rings. The van der Waals surface area contributed by atoms with Crippen LogP contribution in [0.25, 0.3) is 16.9 Å². The summed E-state index contributed by atoms with van der Waals surface area (Å²) >= 11 is 0. The molecule has 0 unspecified atom stereocenters. The van der Waals surface area contributed by atoms with Crippen LogP contribution in [0.3, 0.4) is 0 Å². The molecule has 134 valence electrons. The van der Waals surface area contributed by atoms with Gasteiger partial charge in [-0.15, -0.1) is 0 Å². The second-order valence-corrected chi connectivity index (χ2v) is 7.37. The number of pyridine rings is 1.